The lowest BCUT2D eigenvalue weighted by Gasteiger charge is -2.28. The first kappa shape index (κ1) is 16.3. The van der Waals surface area contributed by atoms with Gasteiger partial charge in [0, 0.05) is 18.8 Å². The SMILES string of the molecule is Cc1cc(/C=C\c2ccc(N3CCOCC3)cc2)cc(C=O)c1O. The van der Waals surface area contributed by atoms with Gasteiger partial charge in [-0.1, -0.05) is 24.3 Å². The zero-order chi connectivity index (χ0) is 16.9. The Morgan fingerprint density at radius 1 is 1.04 bits per heavy atom. The molecule has 4 nitrogen and oxygen atoms in total. The fourth-order valence-corrected chi connectivity index (χ4v) is 2.83. The molecule has 1 saturated heterocycles. The first-order chi connectivity index (χ1) is 11.7. The maximum Gasteiger partial charge on any atom is 0.153 e. The van der Waals surface area contributed by atoms with Gasteiger partial charge in [0.05, 0.1) is 18.8 Å². The average molecular weight is 323 g/mol. The Hall–Kier alpha value is -2.59. The minimum atomic E-state index is 0.0528. The van der Waals surface area contributed by atoms with E-state index in [9.17, 15) is 9.90 Å². The molecule has 0 atom stereocenters. The molecule has 1 N–H and O–H groups in total. The Kier molecular flexibility index (Phi) is 4.96. The van der Waals surface area contributed by atoms with Crippen LogP contribution in [0.5, 0.6) is 5.75 Å². The van der Waals surface area contributed by atoms with Gasteiger partial charge in [-0.05, 0) is 47.9 Å². The number of aromatic hydroxyl groups is 1. The molecule has 0 bridgehead atoms. The highest BCUT2D eigenvalue weighted by Crippen LogP contribution is 2.24. The van der Waals surface area contributed by atoms with Crippen LogP contribution in [0.4, 0.5) is 5.69 Å². The van der Waals surface area contributed by atoms with Crippen molar-refractivity contribution in [3.05, 3.63) is 58.7 Å². The number of hydrogen-bond acceptors (Lipinski definition) is 4. The number of morpholine rings is 1. The fraction of sp³-hybridized carbons (Fsp3) is 0.250. The molecule has 1 heterocycles. The molecule has 0 spiro atoms. The highest BCUT2D eigenvalue weighted by Gasteiger charge is 2.10. The van der Waals surface area contributed by atoms with Crippen molar-refractivity contribution in [3.8, 4) is 5.75 Å². The lowest BCUT2D eigenvalue weighted by Crippen LogP contribution is -2.36. The third kappa shape index (κ3) is 3.66. The van der Waals surface area contributed by atoms with Crippen LogP contribution in [-0.4, -0.2) is 37.7 Å². The molecule has 0 amide bonds. The van der Waals surface area contributed by atoms with Gasteiger partial charge in [0.2, 0.25) is 0 Å². The first-order valence-corrected chi connectivity index (χ1v) is 8.07. The summed E-state index contributed by atoms with van der Waals surface area (Å²) in [6.07, 6.45) is 4.63. The standard InChI is InChI=1S/C20H21NO3/c1-15-12-17(13-18(14-22)20(15)23)3-2-16-4-6-19(7-5-16)21-8-10-24-11-9-21/h2-7,12-14,23H,8-11H2,1H3/b3-2-. The van der Waals surface area contributed by atoms with Gasteiger partial charge in [0.1, 0.15) is 5.75 Å². The largest absolute Gasteiger partial charge is 0.507 e. The minimum Gasteiger partial charge on any atom is -0.507 e. The molecule has 4 heteroatoms. The van der Waals surface area contributed by atoms with Crippen LogP contribution < -0.4 is 4.90 Å². The molecule has 2 aromatic carbocycles. The normalized spacial score (nSPS) is 15.0. The highest BCUT2D eigenvalue weighted by molar-refractivity contribution is 5.83. The third-order valence-corrected chi connectivity index (χ3v) is 4.22. The number of nitrogens with zero attached hydrogens (tertiary/aromatic N) is 1. The van der Waals surface area contributed by atoms with Crippen molar-refractivity contribution < 1.29 is 14.6 Å². The molecule has 0 aliphatic carbocycles. The number of anilines is 1. The van der Waals surface area contributed by atoms with Crippen LogP contribution in [0.1, 0.15) is 27.0 Å². The number of phenolic OH excluding ortho intramolecular Hbond substituents is 1. The van der Waals surface area contributed by atoms with Crippen molar-refractivity contribution in [1.82, 2.24) is 0 Å². The molecule has 1 aliphatic heterocycles. The van der Waals surface area contributed by atoms with Crippen molar-refractivity contribution in [3.63, 3.8) is 0 Å². The number of ether oxygens (including phenoxy) is 1. The van der Waals surface area contributed by atoms with Crippen molar-refractivity contribution in [2.45, 2.75) is 6.92 Å². The number of hydrogen-bond donors (Lipinski definition) is 1. The Labute approximate surface area is 142 Å². The maximum atomic E-state index is 11.0. The van der Waals surface area contributed by atoms with Crippen LogP contribution >= 0.6 is 0 Å². The average Bonchev–Trinajstić information content (AvgIpc) is 2.63. The van der Waals surface area contributed by atoms with Gasteiger partial charge in [0.15, 0.2) is 6.29 Å². The molecule has 0 saturated carbocycles. The summed E-state index contributed by atoms with van der Waals surface area (Å²) in [6, 6.07) is 11.9. The molecule has 1 aliphatic rings. The number of rotatable bonds is 4. The van der Waals surface area contributed by atoms with Crippen LogP contribution in [0.15, 0.2) is 36.4 Å². The molecule has 1 fully saturated rings. The second-order valence-corrected chi connectivity index (χ2v) is 5.92. The van der Waals surface area contributed by atoms with Gasteiger partial charge < -0.3 is 14.7 Å². The van der Waals surface area contributed by atoms with Crippen LogP contribution in [0, 0.1) is 6.92 Å². The van der Waals surface area contributed by atoms with Gasteiger partial charge in [-0.3, -0.25) is 4.79 Å². The smallest absolute Gasteiger partial charge is 0.153 e. The van der Waals surface area contributed by atoms with E-state index in [2.05, 4.69) is 29.2 Å². The third-order valence-electron chi connectivity index (χ3n) is 4.22. The second-order valence-electron chi connectivity index (χ2n) is 5.92. The Morgan fingerprint density at radius 3 is 2.38 bits per heavy atom. The Bertz CT molecular complexity index is 744. The summed E-state index contributed by atoms with van der Waals surface area (Å²) >= 11 is 0. The van der Waals surface area contributed by atoms with Gasteiger partial charge >= 0.3 is 0 Å². The molecule has 0 aromatic heterocycles. The number of aryl methyl sites for hydroxylation is 1. The summed E-state index contributed by atoms with van der Waals surface area (Å²) in [5.74, 6) is 0.0528. The van der Waals surface area contributed by atoms with Gasteiger partial charge in [0.25, 0.3) is 0 Å². The molecular weight excluding hydrogens is 302 g/mol. The molecular formula is C20H21NO3. The van der Waals surface area contributed by atoms with Crippen LogP contribution in [0.25, 0.3) is 12.2 Å². The van der Waals surface area contributed by atoms with E-state index in [1.54, 1.807) is 13.0 Å². The maximum absolute atomic E-state index is 11.0. The molecule has 2 aromatic rings. The van der Waals surface area contributed by atoms with E-state index >= 15 is 0 Å². The highest BCUT2D eigenvalue weighted by atomic mass is 16.5. The monoisotopic (exact) mass is 323 g/mol. The quantitative estimate of drug-likeness (QED) is 0.691. The predicted octanol–water partition coefficient (Wildman–Crippen LogP) is 3.52. The van der Waals surface area contributed by atoms with Gasteiger partial charge in [-0.15, -0.1) is 0 Å². The van der Waals surface area contributed by atoms with E-state index in [0.717, 1.165) is 37.4 Å². The topological polar surface area (TPSA) is 49.8 Å². The zero-order valence-corrected chi connectivity index (χ0v) is 13.7. The Morgan fingerprint density at radius 2 is 1.71 bits per heavy atom. The van der Waals surface area contributed by atoms with E-state index in [0.29, 0.717) is 17.4 Å². The summed E-state index contributed by atoms with van der Waals surface area (Å²) in [4.78, 5) is 13.3. The first-order valence-electron chi connectivity index (χ1n) is 8.07. The van der Waals surface area contributed by atoms with Gasteiger partial charge in [-0.2, -0.15) is 0 Å². The summed E-state index contributed by atoms with van der Waals surface area (Å²) in [5, 5.41) is 9.79. The lowest BCUT2D eigenvalue weighted by atomic mass is 10.0. The van der Waals surface area contributed by atoms with Crippen molar-refractivity contribution in [1.29, 1.82) is 0 Å². The number of aldehydes is 1. The Balaban J connectivity index is 1.75. The number of carbonyl (C=O) groups excluding carboxylic acids is 1. The number of benzene rings is 2. The second kappa shape index (κ2) is 7.32. The number of phenols is 1. The molecule has 0 radical (unpaired) electrons. The van der Waals surface area contributed by atoms with Crippen molar-refractivity contribution in [2.75, 3.05) is 31.2 Å². The summed E-state index contributed by atoms with van der Waals surface area (Å²) in [5.41, 5.74) is 4.20. The predicted molar refractivity (Wildman–Crippen MR) is 96.6 cm³/mol. The van der Waals surface area contributed by atoms with Crippen LogP contribution in [0.2, 0.25) is 0 Å². The van der Waals surface area contributed by atoms with E-state index in [4.69, 9.17) is 4.74 Å². The lowest BCUT2D eigenvalue weighted by molar-refractivity contribution is 0.112. The van der Waals surface area contributed by atoms with E-state index in [1.165, 1.54) is 5.69 Å². The summed E-state index contributed by atoms with van der Waals surface area (Å²) in [6.45, 7) is 5.20. The summed E-state index contributed by atoms with van der Waals surface area (Å²) in [7, 11) is 0. The fourth-order valence-electron chi connectivity index (χ4n) is 2.83. The summed E-state index contributed by atoms with van der Waals surface area (Å²) < 4.78 is 5.37. The van der Waals surface area contributed by atoms with Crippen molar-refractivity contribution in [2.24, 2.45) is 0 Å². The van der Waals surface area contributed by atoms with Gasteiger partial charge in [-0.25, -0.2) is 0 Å². The van der Waals surface area contributed by atoms with E-state index < -0.39 is 0 Å². The minimum absolute atomic E-state index is 0.0528. The van der Waals surface area contributed by atoms with Crippen LogP contribution in [-0.2, 0) is 4.74 Å². The number of carbonyl (C=O) groups is 1. The van der Waals surface area contributed by atoms with E-state index in [-0.39, 0.29) is 5.75 Å². The van der Waals surface area contributed by atoms with E-state index in [1.807, 2.05) is 18.2 Å². The zero-order valence-electron chi connectivity index (χ0n) is 13.7. The molecule has 3 rings (SSSR count). The molecule has 0 unspecified atom stereocenters. The molecule has 124 valence electrons. The molecule has 24 heavy (non-hydrogen) atoms. The van der Waals surface area contributed by atoms with Crippen molar-refractivity contribution >= 4 is 24.1 Å². The van der Waals surface area contributed by atoms with Crippen LogP contribution in [0.3, 0.4) is 0 Å².